The number of benzene rings is 1. The summed E-state index contributed by atoms with van der Waals surface area (Å²) in [5, 5.41) is 5.97. The van der Waals surface area contributed by atoms with E-state index < -0.39 is 28.3 Å². The molecule has 3 heterocycles. The smallest absolute Gasteiger partial charge is 0.348 e. The van der Waals surface area contributed by atoms with Gasteiger partial charge in [-0.25, -0.2) is 17.9 Å². The van der Waals surface area contributed by atoms with Crippen molar-refractivity contribution in [3.8, 4) is 5.69 Å². The lowest BCUT2D eigenvalue weighted by Crippen LogP contribution is -2.40. The van der Waals surface area contributed by atoms with Crippen molar-refractivity contribution in [1.82, 2.24) is 14.7 Å². The molecule has 1 aliphatic heterocycles. The van der Waals surface area contributed by atoms with E-state index in [1.54, 1.807) is 22.9 Å². The minimum atomic E-state index is -3.11. The van der Waals surface area contributed by atoms with Crippen molar-refractivity contribution in [2.45, 2.75) is 19.4 Å². The van der Waals surface area contributed by atoms with Crippen molar-refractivity contribution in [2.24, 2.45) is 0 Å². The Morgan fingerprint density at radius 1 is 1.32 bits per heavy atom. The fraction of sp³-hybridized carbons (Fsp3) is 0.350. The summed E-state index contributed by atoms with van der Waals surface area (Å²) in [6.45, 7) is 1.41. The molecular weight excluding hydrogens is 462 g/mol. The van der Waals surface area contributed by atoms with Gasteiger partial charge in [0.05, 0.1) is 22.9 Å². The van der Waals surface area contributed by atoms with E-state index in [-0.39, 0.29) is 17.5 Å². The maximum absolute atomic E-state index is 12.5. The van der Waals surface area contributed by atoms with E-state index in [0.29, 0.717) is 16.3 Å². The highest BCUT2D eigenvalue weighted by Crippen LogP contribution is 2.31. The third-order valence-corrected chi connectivity index (χ3v) is 8.39. The monoisotopic (exact) mass is 481 g/mol. The maximum atomic E-state index is 12.5. The topological polar surface area (TPSA) is 98.6 Å². The number of carbonyl (C=O) groups is 2. The van der Waals surface area contributed by atoms with Gasteiger partial charge in [0, 0.05) is 23.5 Å². The van der Waals surface area contributed by atoms with Crippen LogP contribution in [0.15, 0.2) is 30.3 Å². The Hall–Kier alpha value is -2.43. The fourth-order valence-corrected chi connectivity index (χ4v) is 6.47. The molecule has 164 valence electrons. The van der Waals surface area contributed by atoms with Gasteiger partial charge >= 0.3 is 5.97 Å². The molecule has 0 bridgehead atoms. The Kier molecular flexibility index (Phi) is 5.80. The molecule has 0 radical (unpaired) electrons. The van der Waals surface area contributed by atoms with E-state index in [9.17, 15) is 18.0 Å². The first-order valence-corrected chi connectivity index (χ1v) is 12.5. The minimum Gasteiger partial charge on any atom is -0.451 e. The Labute approximate surface area is 188 Å². The zero-order valence-electron chi connectivity index (χ0n) is 16.9. The Morgan fingerprint density at radius 2 is 2.03 bits per heavy atom. The summed E-state index contributed by atoms with van der Waals surface area (Å²) >= 11 is 7.18. The SMILES string of the molecule is Cc1nn(-c2ccc(Cl)cc2)c2sc(C(=O)OCC(=O)N(C)[C@H]3CCS(=O)(=O)C3)cc12. The van der Waals surface area contributed by atoms with Crippen molar-refractivity contribution in [3.63, 3.8) is 0 Å². The van der Waals surface area contributed by atoms with Gasteiger partial charge < -0.3 is 9.64 Å². The number of nitrogens with zero attached hydrogens (tertiary/aromatic N) is 3. The third kappa shape index (κ3) is 4.46. The standard InChI is InChI=1S/C20H20ClN3O5S2/c1-12-16-9-17(30-19(16)24(22-12)14-5-3-13(21)4-6-14)20(26)29-10-18(25)23(2)15-7-8-31(27,28)11-15/h3-6,9,15H,7-8,10-11H2,1-2H3/t15-/m0/s1. The van der Waals surface area contributed by atoms with Gasteiger partial charge in [0.25, 0.3) is 5.91 Å². The van der Waals surface area contributed by atoms with E-state index in [0.717, 1.165) is 21.6 Å². The Balaban J connectivity index is 1.46. The molecule has 0 saturated carbocycles. The summed E-state index contributed by atoms with van der Waals surface area (Å²) in [5.74, 6) is -1.02. The van der Waals surface area contributed by atoms with E-state index in [4.69, 9.17) is 16.3 Å². The van der Waals surface area contributed by atoms with Crippen molar-refractivity contribution in [3.05, 3.63) is 45.9 Å². The third-order valence-electron chi connectivity index (χ3n) is 5.29. The molecular formula is C20H20ClN3O5S2. The molecule has 1 aliphatic rings. The van der Waals surface area contributed by atoms with Crippen LogP contribution in [0.4, 0.5) is 0 Å². The highest BCUT2D eigenvalue weighted by atomic mass is 35.5. The average molecular weight is 482 g/mol. The molecule has 1 saturated heterocycles. The summed E-state index contributed by atoms with van der Waals surface area (Å²) in [7, 11) is -1.57. The molecule has 11 heteroatoms. The fourth-order valence-electron chi connectivity index (χ4n) is 3.49. The second kappa shape index (κ2) is 8.25. The first-order valence-electron chi connectivity index (χ1n) is 9.53. The zero-order valence-corrected chi connectivity index (χ0v) is 19.3. The molecule has 2 aromatic heterocycles. The number of thiophene rings is 1. The number of ether oxygens (including phenoxy) is 1. The van der Waals surface area contributed by atoms with Crippen LogP contribution in [0.1, 0.15) is 21.8 Å². The second-order valence-electron chi connectivity index (χ2n) is 7.44. The number of halogens is 1. The molecule has 0 aliphatic carbocycles. The van der Waals surface area contributed by atoms with Crippen LogP contribution in [0.25, 0.3) is 15.9 Å². The molecule has 1 aromatic carbocycles. The predicted octanol–water partition coefficient (Wildman–Crippen LogP) is 2.85. The summed E-state index contributed by atoms with van der Waals surface area (Å²) in [6.07, 6.45) is 0.398. The van der Waals surface area contributed by atoms with E-state index in [2.05, 4.69) is 5.10 Å². The van der Waals surface area contributed by atoms with E-state index >= 15 is 0 Å². The zero-order chi connectivity index (χ0) is 22.3. The number of amides is 1. The van der Waals surface area contributed by atoms with Crippen molar-refractivity contribution in [2.75, 3.05) is 25.2 Å². The lowest BCUT2D eigenvalue weighted by Gasteiger charge is -2.23. The molecule has 4 rings (SSSR count). The van der Waals surface area contributed by atoms with Crippen molar-refractivity contribution >= 4 is 54.9 Å². The van der Waals surface area contributed by atoms with Crippen LogP contribution in [0, 0.1) is 6.92 Å². The van der Waals surface area contributed by atoms with Gasteiger partial charge in [-0.15, -0.1) is 11.3 Å². The molecule has 0 unspecified atom stereocenters. The van der Waals surface area contributed by atoms with Crippen LogP contribution in [0.5, 0.6) is 0 Å². The quantitative estimate of drug-likeness (QED) is 0.520. The number of hydrogen-bond donors (Lipinski definition) is 0. The lowest BCUT2D eigenvalue weighted by atomic mass is 10.2. The van der Waals surface area contributed by atoms with Crippen LogP contribution in [-0.4, -0.2) is 66.2 Å². The highest BCUT2D eigenvalue weighted by molar-refractivity contribution is 7.91. The highest BCUT2D eigenvalue weighted by Gasteiger charge is 2.33. The van der Waals surface area contributed by atoms with Crippen LogP contribution < -0.4 is 0 Å². The maximum Gasteiger partial charge on any atom is 0.348 e. The van der Waals surface area contributed by atoms with Crippen molar-refractivity contribution < 1.29 is 22.7 Å². The van der Waals surface area contributed by atoms with Crippen LogP contribution in [-0.2, 0) is 19.4 Å². The number of hydrogen-bond acceptors (Lipinski definition) is 7. The Bertz CT molecular complexity index is 1260. The van der Waals surface area contributed by atoms with Crippen LogP contribution in [0.3, 0.4) is 0 Å². The van der Waals surface area contributed by atoms with E-state index in [1.165, 1.54) is 23.3 Å². The minimum absolute atomic E-state index is 0.0556. The molecule has 31 heavy (non-hydrogen) atoms. The van der Waals surface area contributed by atoms with Crippen LogP contribution in [0.2, 0.25) is 5.02 Å². The van der Waals surface area contributed by atoms with Gasteiger partial charge in [-0.05, 0) is 43.7 Å². The lowest BCUT2D eigenvalue weighted by molar-refractivity contribution is -0.134. The first-order chi connectivity index (χ1) is 14.6. The van der Waals surface area contributed by atoms with E-state index in [1.807, 2.05) is 19.1 Å². The molecule has 1 fully saturated rings. The molecule has 1 atom stereocenters. The van der Waals surface area contributed by atoms with Crippen LogP contribution >= 0.6 is 22.9 Å². The number of rotatable bonds is 5. The summed E-state index contributed by atoms with van der Waals surface area (Å²) in [4.78, 5) is 27.4. The number of aryl methyl sites for hydroxylation is 1. The normalized spacial score (nSPS) is 17.7. The van der Waals surface area contributed by atoms with Gasteiger partial charge in [0.1, 0.15) is 9.71 Å². The van der Waals surface area contributed by atoms with Crippen molar-refractivity contribution in [1.29, 1.82) is 0 Å². The number of carbonyl (C=O) groups excluding carboxylic acids is 2. The largest absolute Gasteiger partial charge is 0.451 e. The predicted molar refractivity (Wildman–Crippen MR) is 119 cm³/mol. The summed E-state index contributed by atoms with van der Waals surface area (Å²) in [5.41, 5.74) is 1.58. The molecule has 0 N–H and O–H groups in total. The van der Waals surface area contributed by atoms with Gasteiger partial charge in [-0.1, -0.05) is 11.6 Å². The molecule has 0 spiro atoms. The van der Waals surface area contributed by atoms with Gasteiger partial charge in [-0.3, -0.25) is 4.79 Å². The molecule has 1 amide bonds. The number of aromatic nitrogens is 2. The first kappa shape index (κ1) is 21.8. The number of esters is 1. The van der Waals surface area contributed by atoms with Gasteiger partial charge in [0.15, 0.2) is 16.4 Å². The summed E-state index contributed by atoms with van der Waals surface area (Å²) < 4.78 is 30.2. The second-order valence-corrected chi connectivity index (χ2v) is 11.1. The number of sulfone groups is 1. The molecule has 3 aromatic rings. The number of likely N-dealkylation sites (N-methyl/N-ethyl adjacent to an activating group) is 1. The molecule has 8 nitrogen and oxygen atoms in total. The number of fused-ring (bicyclic) bond motifs is 1. The van der Waals surface area contributed by atoms with Gasteiger partial charge in [-0.2, -0.15) is 5.10 Å². The Morgan fingerprint density at radius 3 is 2.68 bits per heavy atom. The summed E-state index contributed by atoms with van der Waals surface area (Å²) in [6, 6.07) is 8.52. The average Bonchev–Trinajstić information content (AvgIpc) is 3.40. The van der Waals surface area contributed by atoms with Gasteiger partial charge in [0.2, 0.25) is 0 Å².